The molecular weight excluding hydrogens is 318 g/mol. The van der Waals surface area contributed by atoms with E-state index in [4.69, 9.17) is 0 Å². The number of benzene rings is 1. The molecule has 8 nitrogen and oxygen atoms in total. The monoisotopic (exact) mass is 339 g/mol. The average molecular weight is 339 g/mol. The van der Waals surface area contributed by atoms with Crippen LogP contribution in [0.1, 0.15) is 12.5 Å². The second kappa shape index (κ2) is 8.09. The van der Waals surface area contributed by atoms with Crippen molar-refractivity contribution >= 4 is 6.03 Å². The molecule has 1 unspecified atom stereocenters. The summed E-state index contributed by atoms with van der Waals surface area (Å²) >= 11 is 0. The average Bonchev–Trinajstić information content (AvgIpc) is 3.32. The number of aromatic nitrogens is 5. The smallest absolute Gasteiger partial charge is 0.315 e. The third kappa shape index (κ3) is 4.90. The van der Waals surface area contributed by atoms with Crippen molar-refractivity contribution in [3.05, 3.63) is 60.9 Å². The minimum atomic E-state index is -0.182. The van der Waals surface area contributed by atoms with Crippen LogP contribution in [0.4, 0.5) is 4.79 Å². The van der Waals surface area contributed by atoms with E-state index in [9.17, 15) is 4.79 Å². The van der Waals surface area contributed by atoms with E-state index in [1.807, 2.05) is 41.2 Å². The Balaban J connectivity index is 1.44. The minimum Gasteiger partial charge on any atom is -0.338 e. The maximum Gasteiger partial charge on any atom is 0.315 e. The molecule has 2 amide bonds. The van der Waals surface area contributed by atoms with Gasteiger partial charge in [0.1, 0.15) is 12.7 Å². The molecule has 0 saturated heterocycles. The molecule has 2 aromatic heterocycles. The zero-order valence-corrected chi connectivity index (χ0v) is 14.0. The molecule has 0 aliphatic rings. The van der Waals surface area contributed by atoms with Crippen molar-refractivity contribution < 1.29 is 4.79 Å². The molecule has 1 atom stereocenters. The summed E-state index contributed by atoms with van der Waals surface area (Å²) in [6, 6.07) is 9.50. The molecule has 0 fully saturated rings. The van der Waals surface area contributed by atoms with Crippen molar-refractivity contribution in [2.24, 2.45) is 5.92 Å². The molecule has 0 spiro atoms. The van der Waals surface area contributed by atoms with E-state index >= 15 is 0 Å². The maximum atomic E-state index is 12.0. The second-order valence-corrected chi connectivity index (χ2v) is 5.91. The number of carbonyl (C=O) groups is 1. The summed E-state index contributed by atoms with van der Waals surface area (Å²) in [7, 11) is 0. The van der Waals surface area contributed by atoms with Gasteiger partial charge in [0, 0.05) is 32.0 Å². The van der Waals surface area contributed by atoms with Gasteiger partial charge in [0.25, 0.3) is 0 Å². The van der Waals surface area contributed by atoms with Crippen LogP contribution in [-0.2, 0) is 13.1 Å². The molecule has 0 aliphatic heterocycles. The highest BCUT2D eigenvalue weighted by Crippen LogP contribution is 2.08. The fourth-order valence-electron chi connectivity index (χ4n) is 2.45. The highest BCUT2D eigenvalue weighted by Gasteiger charge is 2.07. The molecule has 2 heterocycles. The summed E-state index contributed by atoms with van der Waals surface area (Å²) < 4.78 is 3.54. The van der Waals surface area contributed by atoms with Gasteiger partial charge in [-0.1, -0.05) is 19.1 Å². The van der Waals surface area contributed by atoms with E-state index in [1.165, 1.54) is 6.33 Å². The van der Waals surface area contributed by atoms with Crippen LogP contribution < -0.4 is 10.6 Å². The summed E-state index contributed by atoms with van der Waals surface area (Å²) in [4.78, 5) is 15.9. The fourth-order valence-corrected chi connectivity index (χ4v) is 2.45. The number of urea groups is 1. The van der Waals surface area contributed by atoms with E-state index in [2.05, 4.69) is 32.7 Å². The van der Waals surface area contributed by atoms with E-state index in [1.54, 1.807) is 17.2 Å². The van der Waals surface area contributed by atoms with Crippen LogP contribution in [0.3, 0.4) is 0 Å². The van der Waals surface area contributed by atoms with Gasteiger partial charge in [0.2, 0.25) is 0 Å². The van der Waals surface area contributed by atoms with Crippen molar-refractivity contribution in [3.8, 4) is 5.69 Å². The molecule has 0 saturated carbocycles. The Labute approximate surface area is 145 Å². The topological polar surface area (TPSA) is 89.7 Å². The minimum absolute atomic E-state index is 0.182. The highest BCUT2D eigenvalue weighted by molar-refractivity contribution is 5.73. The molecule has 130 valence electrons. The Bertz CT molecular complexity index is 783. The van der Waals surface area contributed by atoms with Crippen molar-refractivity contribution in [1.29, 1.82) is 0 Å². The van der Waals surface area contributed by atoms with E-state index in [0.717, 1.165) is 17.8 Å². The third-order valence-corrected chi connectivity index (χ3v) is 3.72. The van der Waals surface area contributed by atoms with Crippen LogP contribution in [-0.4, -0.2) is 37.1 Å². The number of amides is 2. The number of hydrogen-bond acceptors (Lipinski definition) is 4. The summed E-state index contributed by atoms with van der Waals surface area (Å²) in [6.45, 7) is 3.88. The van der Waals surface area contributed by atoms with Gasteiger partial charge in [0.15, 0.2) is 0 Å². The van der Waals surface area contributed by atoms with Crippen LogP contribution in [0.2, 0.25) is 0 Å². The third-order valence-electron chi connectivity index (χ3n) is 3.72. The first-order valence-corrected chi connectivity index (χ1v) is 8.14. The van der Waals surface area contributed by atoms with Gasteiger partial charge in [-0.25, -0.2) is 14.5 Å². The summed E-state index contributed by atoms with van der Waals surface area (Å²) in [5.41, 5.74) is 1.90. The predicted octanol–water partition coefficient (Wildman–Crippen LogP) is 1.60. The van der Waals surface area contributed by atoms with Crippen LogP contribution in [0.25, 0.3) is 5.69 Å². The Kier molecular flexibility index (Phi) is 5.40. The van der Waals surface area contributed by atoms with Gasteiger partial charge in [-0.2, -0.15) is 10.2 Å². The Morgan fingerprint density at radius 2 is 2.16 bits per heavy atom. The quantitative estimate of drug-likeness (QED) is 0.684. The molecular formula is C17H21N7O. The Morgan fingerprint density at radius 1 is 1.24 bits per heavy atom. The zero-order chi connectivity index (χ0) is 17.5. The summed E-state index contributed by atoms with van der Waals surface area (Å²) in [6.07, 6.45) is 6.79. The summed E-state index contributed by atoms with van der Waals surface area (Å²) in [5, 5.41) is 14.0. The number of nitrogens with one attached hydrogen (secondary N) is 2. The first-order valence-electron chi connectivity index (χ1n) is 8.14. The van der Waals surface area contributed by atoms with Gasteiger partial charge in [-0.3, -0.25) is 4.68 Å². The Morgan fingerprint density at radius 3 is 2.92 bits per heavy atom. The number of hydrogen-bond donors (Lipinski definition) is 2. The van der Waals surface area contributed by atoms with Gasteiger partial charge in [0.05, 0.1) is 5.69 Å². The molecule has 3 aromatic rings. The maximum absolute atomic E-state index is 12.0. The van der Waals surface area contributed by atoms with Crippen LogP contribution in [0.15, 0.2) is 55.4 Å². The van der Waals surface area contributed by atoms with Crippen LogP contribution in [0.5, 0.6) is 0 Å². The fraction of sp³-hybridized carbons (Fsp3) is 0.294. The number of rotatable bonds is 7. The van der Waals surface area contributed by atoms with Gasteiger partial charge < -0.3 is 10.6 Å². The lowest BCUT2D eigenvalue weighted by molar-refractivity contribution is 0.238. The second-order valence-electron chi connectivity index (χ2n) is 5.91. The van der Waals surface area contributed by atoms with Crippen LogP contribution in [0, 0.1) is 5.92 Å². The molecule has 8 heteroatoms. The van der Waals surface area contributed by atoms with Crippen molar-refractivity contribution in [2.45, 2.75) is 20.0 Å². The molecule has 2 N–H and O–H groups in total. The Hall–Kier alpha value is -3.16. The van der Waals surface area contributed by atoms with Crippen molar-refractivity contribution in [1.82, 2.24) is 35.2 Å². The van der Waals surface area contributed by atoms with Crippen molar-refractivity contribution in [2.75, 3.05) is 6.54 Å². The van der Waals surface area contributed by atoms with E-state index in [-0.39, 0.29) is 6.03 Å². The first kappa shape index (κ1) is 16.7. The van der Waals surface area contributed by atoms with E-state index in [0.29, 0.717) is 19.0 Å². The predicted molar refractivity (Wildman–Crippen MR) is 93.0 cm³/mol. The number of nitrogens with zero attached hydrogens (tertiary/aromatic N) is 5. The summed E-state index contributed by atoms with van der Waals surface area (Å²) in [5.74, 6) is 0.293. The largest absolute Gasteiger partial charge is 0.338 e. The SMILES string of the molecule is CC(CNC(=O)NCc1cccc(-n2cncn2)c1)Cn1cccn1. The van der Waals surface area contributed by atoms with Crippen molar-refractivity contribution in [3.63, 3.8) is 0 Å². The molecule has 0 aliphatic carbocycles. The number of carbonyl (C=O) groups excluding carboxylic acids is 1. The first-order chi connectivity index (χ1) is 12.2. The zero-order valence-electron chi connectivity index (χ0n) is 14.0. The van der Waals surface area contributed by atoms with Gasteiger partial charge in [-0.05, 0) is 29.7 Å². The van der Waals surface area contributed by atoms with Crippen LogP contribution >= 0.6 is 0 Å². The van der Waals surface area contributed by atoms with Gasteiger partial charge in [-0.15, -0.1) is 0 Å². The molecule has 0 bridgehead atoms. The highest BCUT2D eigenvalue weighted by atomic mass is 16.2. The standard InChI is InChI=1S/C17H21N7O/c1-14(11-23-7-3-6-21-23)9-19-17(25)20-10-15-4-2-5-16(8-15)24-13-18-12-22-24/h2-8,12-14H,9-11H2,1H3,(H2,19,20,25). The molecule has 3 rings (SSSR count). The lowest BCUT2D eigenvalue weighted by atomic mass is 10.2. The normalized spacial score (nSPS) is 11.9. The molecule has 25 heavy (non-hydrogen) atoms. The lowest BCUT2D eigenvalue weighted by Crippen LogP contribution is -2.38. The molecule has 1 aromatic carbocycles. The lowest BCUT2D eigenvalue weighted by Gasteiger charge is -2.13. The van der Waals surface area contributed by atoms with E-state index < -0.39 is 0 Å². The molecule has 0 radical (unpaired) electrons. The van der Waals surface area contributed by atoms with Gasteiger partial charge >= 0.3 is 6.03 Å².